The van der Waals surface area contributed by atoms with E-state index in [1.54, 1.807) is 30.3 Å². The van der Waals surface area contributed by atoms with Gasteiger partial charge >= 0.3 is 0 Å². The summed E-state index contributed by atoms with van der Waals surface area (Å²) in [7, 11) is 0. The fraction of sp³-hybridized carbons (Fsp3) is 0.250. The fourth-order valence-corrected chi connectivity index (χ4v) is 3.41. The zero-order valence-electron chi connectivity index (χ0n) is 19.3. The predicted octanol–water partition coefficient (Wildman–Crippen LogP) is 2.55. The minimum atomic E-state index is -1.60. The van der Waals surface area contributed by atoms with Crippen molar-refractivity contribution < 1.29 is 32.7 Å². The largest absolute Gasteiger partial charge is 0.507 e. The van der Waals surface area contributed by atoms with Gasteiger partial charge in [0.2, 0.25) is 6.41 Å². The van der Waals surface area contributed by atoms with Crippen molar-refractivity contribution in [2.45, 2.75) is 6.92 Å². The van der Waals surface area contributed by atoms with Gasteiger partial charge in [-0.15, -0.1) is 0 Å². The van der Waals surface area contributed by atoms with Gasteiger partial charge in [0.1, 0.15) is 11.4 Å². The van der Waals surface area contributed by atoms with Crippen molar-refractivity contribution >= 4 is 18.2 Å². The highest BCUT2D eigenvalue weighted by molar-refractivity contribution is 5.94. The molecule has 2 heterocycles. The van der Waals surface area contributed by atoms with Crippen molar-refractivity contribution in [1.29, 1.82) is 0 Å². The van der Waals surface area contributed by atoms with Gasteiger partial charge in [-0.3, -0.25) is 19.5 Å². The van der Waals surface area contributed by atoms with E-state index in [0.29, 0.717) is 55.1 Å². The molecule has 3 amide bonds. The summed E-state index contributed by atoms with van der Waals surface area (Å²) in [6.45, 7) is 3.68. The number of aromatic nitrogens is 2. The third-order valence-corrected chi connectivity index (χ3v) is 5.32. The quantitative estimate of drug-likeness (QED) is 0.365. The van der Waals surface area contributed by atoms with Crippen LogP contribution in [0.2, 0.25) is 0 Å². The molecule has 3 N–H and O–H groups in total. The number of benzene rings is 2. The van der Waals surface area contributed by atoms with Crippen LogP contribution in [-0.2, 0) is 4.79 Å². The van der Waals surface area contributed by atoms with Crippen molar-refractivity contribution in [3.63, 3.8) is 0 Å². The molecule has 1 aromatic heterocycles. The van der Waals surface area contributed by atoms with Gasteiger partial charge in [0, 0.05) is 43.9 Å². The monoisotopic (exact) mass is 503 g/mol. The molecule has 1 saturated heterocycles. The number of rotatable bonds is 5. The van der Waals surface area contributed by atoms with E-state index in [-0.39, 0.29) is 30.3 Å². The number of aromatic hydroxyl groups is 1. The lowest BCUT2D eigenvalue weighted by molar-refractivity contribution is -0.119. The number of piperazine rings is 1. The Labute approximate surface area is 204 Å². The zero-order valence-corrected chi connectivity index (χ0v) is 19.3. The minimum Gasteiger partial charge on any atom is -0.507 e. The number of halogens is 3. The number of nitrogens with one attached hydrogen (secondary N) is 2. The number of hydrogen-bond acceptors (Lipinski definition) is 5. The Balaban J connectivity index is 0.000000202. The molecule has 1 fully saturated rings. The molecular formula is C24H24F3N5O4. The van der Waals surface area contributed by atoms with Gasteiger partial charge in [-0.2, -0.15) is 5.10 Å². The van der Waals surface area contributed by atoms with E-state index >= 15 is 0 Å². The highest BCUT2D eigenvalue weighted by Gasteiger charge is 2.23. The first-order valence-electron chi connectivity index (χ1n) is 11.0. The van der Waals surface area contributed by atoms with Crippen LogP contribution in [0.3, 0.4) is 0 Å². The number of hydrogen-bond donors (Lipinski definition) is 3. The number of carbonyl (C=O) groups excluding carboxylic acids is 3. The second-order valence-corrected chi connectivity index (χ2v) is 7.73. The van der Waals surface area contributed by atoms with Crippen LogP contribution in [-0.4, -0.2) is 76.1 Å². The van der Waals surface area contributed by atoms with Crippen LogP contribution < -0.4 is 5.32 Å². The fourth-order valence-electron chi connectivity index (χ4n) is 3.41. The minimum absolute atomic E-state index is 0.140. The zero-order chi connectivity index (χ0) is 26.2. The van der Waals surface area contributed by atoms with Crippen LogP contribution in [0.15, 0.2) is 42.5 Å². The SMILES string of the molecule is CCNC(=O)c1cc(-c2ccccc2O)n[nH]1.O=CN1CCN(C(=O)c2cc(F)c(F)c(F)c2)CC1. The van der Waals surface area contributed by atoms with Crippen LogP contribution in [0.1, 0.15) is 27.8 Å². The number of para-hydroxylation sites is 1. The van der Waals surface area contributed by atoms with E-state index < -0.39 is 23.4 Å². The standard InChI is InChI=1S/C12H11F3N2O2.C12H13N3O2/c13-9-5-8(6-10(14)11(9)15)12(19)17-3-1-16(7-18)2-4-17;1-2-13-12(17)10-7-9(14-15-10)8-5-3-4-6-11(8)16/h5-7H,1-4H2;3-7,16H,2H2,1H3,(H,13,17)(H,14,15). The van der Waals surface area contributed by atoms with Gasteiger partial charge in [0.15, 0.2) is 17.5 Å². The molecule has 3 aromatic rings. The number of aromatic amines is 1. The molecule has 36 heavy (non-hydrogen) atoms. The second-order valence-electron chi connectivity index (χ2n) is 7.73. The Morgan fingerprint density at radius 3 is 2.31 bits per heavy atom. The molecule has 190 valence electrons. The van der Waals surface area contributed by atoms with Crippen molar-refractivity contribution in [3.8, 4) is 17.0 Å². The van der Waals surface area contributed by atoms with E-state index in [1.165, 1.54) is 9.80 Å². The van der Waals surface area contributed by atoms with Crippen LogP contribution in [0.4, 0.5) is 13.2 Å². The summed E-state index contributed by atoms with van der Waals surface area (Å²) in [4.78, 5) is 36.9. The first kappa shape index (κ1) is 26.3. The van der Waals surface area contributed by atoms with Crippen molar-refractivity contribution in [2.24, 2.45) is 0 Å². The average Bonchev–Trinajstić information content (AvgIpc) is 3.38. The van der Waals surface area contributed by atoms with Gasteiger partial charge in [-0.05, 0) is 37.3 Å². The molecule has 12 heteroatoms. The molecule has 0 bridgehead atoms. The van der Waals surface area contributed by atoms with Crippen LogP contribution in [0.5, 0.6) is 5.75 Å². The summed E-state index contributed by atoms with van der Waals surface area (Å²) in [5, 5.41) is 19.0. The van der Waals surface area contributed by atoms with Crippen molar-refractivity contribution in [3.05, 3.63) is 71.2 Å². The topological polar surface area (TPSA) is 119 Å². The second kappa shape index (κ2) is 11.9. The summed E-state index contributed by atoms with van der Waals surface area (Å²) in [5.41, 5.74) is 1.28. The number of H-pyrrole nitrogens is 1. The Morgan fingerprint density at radius 1 is 1.08 bits per heavy atom. The first-order chi connectivity index (χ1) is 17.2. The number of amides is 3. The third kappa shape index (κ3) is 6.20. The molecule has 4 rings (SSSR count). The molecular weight excluding hydrogens is 479 g/mol. The number of phenolic OH excluding ortho intramolecular Hbond substituents is 1. The smallest absolute Gasteiger partial charge is 0.269 e. The Morgan fingerprint density at radius 2 is 1.72 bits per heavy atom. The molecule has 0 atom stereocenters. The van der Waals surface area contributed by atoms with E-state index in [4.69, 9.17) is 0 Å². The maximum absolute atomic E-state index is 13.0. The van der Waals surface area contributed by atoms with Crippen LogP contribution in [0.25, 0.3) is 11.3 Å². The Kier molecular flexibility index (Phi) is 8.66. The number of nitrogens with zero attached hydrogens (tertiary/aromatic N) is 3. The lowest BCUT2D eigenvalue weighted by atomic mass is 10.1. The predicted molar refractivity (Wildman–Crippen MR) is 124 cm³/mol. The highest BCUT2D eigenvalue weighted by atomic mass is 19.2. The van der Waals surface area contributed by atoms with E-state index in [1.807, 2.05) is 6.92 Å². The van der Waals surface area contributed by atoms with Crippen LogP contribution in [0, 0.1) is 17.5 Å². The van der Waals surface area contributed by atoms with Gasteiger partial charge in [-0.25, -0.2) is 13.2 Å². The van der Waals surface area contributed by atoms with E-state index in [0.717, 1.165) is 0 Å². The van der Waals surface area contributed by atoms with Crippen LogP contribution >= 0.6 is 0 Å². The highest BCUT2D eigenvalue weighted by Crippen LogP contribution is 2.27. The molecule has 0 radical (unpaired) electrons. The average molecular weight is 503 g/mol. The van der Waals surface area contributed by atoms with Gasteiger partial charge in [0.05, 0.1) is 5.69 Å². The lowest BCUT2D eigenvalue weighted by Gasteiger charge is -2.32. The first-order valence-corrected chi connectivity index (χ1v) is 11.0. The Hall–Kier alpha value is -4.35. The maximum Gasteiger partial charge on any atom is 0.269 e. The molecule has 0 unspecified atom stereocenters. The normalized spacial score (nSPS) is 13.0. The summed E-state index contributed by atoms with van der Waals surface area (Å²) >= 11 is 0. The summed E-state index contributed by atoms with van der Waals surface area (Å²) in [6, 6.07) is 9.81. The van der Waals surface area contributed by atoms with Crippen molar-refractivity contribution in [1.82, 2.24) is 25.3 Å². The van der Waals surface area contributed by atoms with Crippen molar-refractivity contribution in [2.75, 3.05) is 32.7 Å². The number of phenols is 1. The van der Waals surface area contributed by atoms with Gasteiger partial charge in [0.25, 0.3) is 11.8 Å². The summed E-state index contributed by atoms with van der Waals surface area (Å²) < 4.78 is 38.9. The molecule has 2 aromatic carbocycles. The summed E-state index contributed by atoms with van der Waals surface area (Å²) in [5.74, 6) is -5.03. The molecule has 1 aliphatic rings. The Bertz CT molecular complexity index is 1220. The van der Waals surface area contributed by atoms with Gasteiger partial charge in [-0.1, -0.05) is 12.1 Å². The number of carbonyl (C=O) groups is 3. The molecule has 9 nitrogen and oxygen atoms in total. The van der Waals surface area contributed by atoms with E-state index in [9.17, 15) is 32.7 Å². The lowest BCUT2D eigenvalue weighted by Crippen LogP contribution is -2.48. The maximum atomic E-state index is 13.0. The van der Waals surface area contributed by atoms with E-state index in [2.05, 4.69) is 15.5 Å². The summed E-state index contributed by atoms with van der Waals surface area (Å²) in [6.07, 6.45) is 0.680. The third-order valence-electron chi connectivity index (χ3n) is 5.32. The molecule has 0 aliphatic carbocycles. The molecule has 1 aliphatic heterocycles. The molecule has 0 saturated carbocycles. The van der Waals surface area contributed by atoms with Gasteiger partial charge < -0.3 is 20.2 Å². The molecule has 0 spiro atoms.